The van der Waals surface area contributed by atoms with Crippen molar-refractivity contribution in [3.05, 3.63) is 0 Å². The summed E-state index contributed by atoms with van der Waals surface area (Å²) in [6.07, 6.45) is 1.88. The largest absolute Gasteiger partial charge is 0.306 e. The molecule has 1 aliphatic rings. The Hall–Kier alpha value is -0.0800. The van der Waals surface area contributed by atoms with Crippen LogP contribution in [-0.2, 0) is 4.79 Å². The predicted octanol–water partition coefficient (Wildman–Crippen LogP) is 1.09. The lowest BCUT2D eigenvalue weighted by atomic mass is 9.80. The molecule has 10 heavy (non-hydrogen) atoms. The topological polar surface area (TPSA) is 20.3 Å². The molecule has 0 N–H and O–H groups in total. The van der Waals surface area contributed by atoms with Crippen molar-refractivity contribution >= 4 is 16.8 Å². The maximum atomic E-state index is 10.5. The Balaban J connectivity index is 2.24. The Kier molecular flexibility index (Phi) is 2.32. The van der Waals surface area contributed by atoms with Gasteiger partial charge in [-0.2, -0.15) is 0 Å². The summed E-state index contributed by atoms with van der Waals surface area (Å²) in [6, 6.07) is 0.577. The van der Waals surface area contributed by atoms with Gasteiger partial charge in [0.1, 0.15) is 0 Å². The minimum absolute atomic E-state index is 0.133. The van der Waals surface area contributed by atoms with Gasteiger partial charge in [-0.05, 0) is 38.5 Å². The number of carbonyl (C=O) groups is 1. The lowest BCUT2D eigenvalue weighted by Gasteiger charge is -2.37. The number of hydrogen-bond acceptors (Lipinski definition) is 2. The summed E-state index contributed by atoms with van der Waals surface area (Å²) < 4.78 is 0. The molecule has 0 aromatic carbocycles. The van der Waals surface area contributed by atoms with Gasteiger partial charge in [-0.15, -0.1) is 0 Å². The van der Waals surface area contributed by atoms with E-state index in [1.54, 1.807) is 0 Å². The van der Waals surface area contributed by atoms with Crippen molar-refractivity contribution in [3.8, 4) is 0 Å². The van der Waals surface area contributed by atoms with E-state index in [9.17, 15) is 4.79 Å². The molecule has 0 radical (unpaired) electrons. The molecule has 0 aromatic rings. The highest BCUT2D eigenvalue weighted by atomic mass is 35.5. The molecule has 1 rings (SSSR count). The summed E-state index contributed by atoms with van der Waals surface area (Å²) in [5, 5.41) is -0.168. The minimum Gasteiger partial charge on any atom is -0.306 e. The van der Waals surface area contributed by atoms with E-state index in [1.165, 1.54) is 0 Å². The van der Waals surface area contributed by atoms with Gasteiger partial charge in [-0.25, -0.2) is 0 Å². The first-order chi connectivity index (χ1) is 4.61. The maximum Gasteiger partial charge on any atom is 0.224 e. The second-order valence-corrected chi connectivity index (χ2v) is 3.46. The van der Waals surface area contributed by atoms with E-state index in [0.717, 1.165) is 12.8 Å². The molecule has 58 valence electrons. The Labute approximate surface area is 66.1 Å². The molecule has 3 heteroatoms. The van der Waals surface area contributed by atoms with Gasteiger partial charge in [0.2, 0.25) is 5.24 Å². The highest BCUT2D eigenvalue weighted by molar-refractivity contribution is 6.64. The predicted molar refractivity (Wildman–Crippen MR) is 41.1 cm³/mol. The van der Waals surface area contributed by atoms with Gasteiger partial charge in [0.15, 0.2) is 0 Å². The Bertz CT molecular complexity index is 141. The molecule has 2 nitrogen and oxygen atoms in total. The minimum atomic E-state index is -0.168. The van der Waals surface area contributed by atoms with Crippen LogP contribution in [0.2, 0.25) is 0 Å². The van der Waals surface area contributed by atoms with Crippen LogP contribution in [0.15, 0.2) is 0 Å². The molecule has 0 spiro atoms. The van der Waals surface area contributed by atoms with Crippen molar-refractivity contribution in [2.45, 2.75) is 18.9 Å². The standard InChI is InChI=1S/C7H12ClNO/c1-9(2)6-3-5(4-6)7(8)10/h5-6H,3-4H2,1-2H3. The van der Waals surface area contributed by atoms with Crippen LogP contribution in [0.25, 0.3) is 0 Å². The monoisotopic (exact) mass is 161 g/mol. The van der Waals surface area contributed by atoms with Crippen LogP contribution in [0.3, 0.4) is 0 Å². The van der Waals surface area contributed by atoms with Gasteiger partial charge >= 0.3 is 0 Å². The first kappa shape index (κ1) is 8.02. The SMILES string of the molecule is CN(C)C1CC(C(=O)Cl)C1. The summed E-state index contributed by atoms with van der Waals surface area (Å²) >= 11 is 5.29. The fourth-order valence-electron chi connectivity index (χ4n) is 1.19. The smallest absolute Gasteiger partial charge is 0.224 e. The van der Waals surface area contributed by atoms with Gasteiger partial charge in [0.25, 0.3) is 0 Å². The second-order valence-electron chi connectivity index (χ2n) is 3.09. The van der Waals surface area contributed by atoms with Crippen LogP contribution in [-0.4, -0.2) is 30.3 Å². The Morgan fingerprint density at radius 3 is 2.30 bits per heavy atom. The summed E-state index contributed by atoms with van der Waals surface area (Å²) in [6.45, 7) is 0. The molecule has 1 fully saturated rings. The van der Waals surface area contributed by atoms with Crippen molar-refractivity contribution in [2.75, 3.05) is 14.1 Å². The highest BCUT2D eigenvalue weighted by Gasteiger charge is 2.34. The van der Waals surface area contributed by atoms with Crippen LogP contribution < -0.4 is 0 Å². The van der Waals surface area contributed by atoms with Crippen LogP contribution in [0.5, 0.6) is 0 Å². The molecule has 0 saturated heterocycles. The van der Waals surface area contributed by atoms with Crippen LogP contribution in [0, 0.1) is 5.92 Å². The number of rotatable bonds is 2. The van der Waals surface area contributed by atoms with Crippen molar-refractivity contribution in [2.24, 2.45) is 5.92 Å². The van der Waals surface area contributed by atoms with E-state index in [4.69, 9.17) is 11.6 Å². The van der Waals surface area contributed by atoms with E-state index in [0.29, 0.717) is 6.04 Å². The van der Waals surface area contributed by atoms with Crippen molar-refractivity contribution in [1.82, 2.24) is 4.90 Å². The average Bonchev–Trinajstić information content (AvgIpc) is 1.56. The molecule has 0 bridgehead atoms. The lowest BCUT2D eigenvalue weighted by molar-refractivity contribution is -0.119. The van der Waals surface area contributed by atoms with Gasteiger partial charge in [-0.1, -0.05) is 0 Å². The van der Waals surface area contributed by atoms with E-state index in [-0.39, 0.29) is 11.2 Å². The maximum absolute atomic E-state index is 10.5. The first-order valence-electron chi connectivity index (χ1n) is 3.47. The quantitative estimate of drug-likeness (QED) is 0.566. The molecule has 0 unspecified atom stereocenters. The fraction of sp³-hybridized carbons (Fsp3) is 0.857. The molecule has 1 saturated carbocycles. The molecule has 0 amide bonds. The highest BCUT2D eigenvalue weighted by Crippen LogP contribution is 2.31. The van der Waals surface area contributed by atoms with Crippen molar-refractivity contribution in [3.63, 3.8) is 0 Å². The van der Waals surface area contributed by atoms with Gasteiger partial charge in [0.05, 0.1) is 0 Å². The summed E-state index contributed by atoms with van der Waals surface area (Å²) in [5.41, 5.74) is 0. The number of halogens is 1. The van der Waals surface area contributed by atoms with Gasteiger partial charge < -0.3 is 4.90 Å². The third-order valence-corrected chi connectivity index (χ3v) is 2.47. The third-order valence-electron chi connectivity index (χ3n) is 2.16. The van der Waals surface area contributed by atoms with Crippen molar-refractivity contribution in [1.29, 1.82) is 0 Å². The lowest BCUT2D eigenvalue weighted by Crippen LogP contribution is -2.42. The van der Waals surface area contributed by atoms with Crippen molar-refractivity contribution < 1.29 is 4.79 Å². The Morgan fingerprint density at radius 2 is 2.00 bits per heavy atom. The van der Waals surface area contributed by atoms with Crippen LogP contribution in [0.4, 0.5) is 0 Å². The first-order valence-corrected chi connectivity index (χ1v) is 3.85. The Morgan fingerprint density at radius 1 is 1.50 bits per heavy atom. The van der Waals surface area contributed by atoms with Crippen LogP contribution in [0.1, 0.15) is 12.8 Å². The number of hydrogen-bond donors (Lipinski definition) is 0. The van der Waals surface area contributed by atoms with E-state index < -0.39 is 0 Å². The average molecular weight is 162 g/mol. The second kappa shape index (κ2) is 2.89. The molecular formula is C7H12ClNO. The van der Waals surface area contributed by atoms with Gasteiger partial charge in [-0.3, -0.25) is 4.79 Å². The van der Waals surface area contributed by atoms with E-state index in [1.807, 2.05) is 14.1 Å². The zero-order chi connectivity index (χ0) is 7.72. The van der Waals surface area contributed by atoms with E-state index >= 15 is 0 Å². The summed E-state index contributed by atoms with van der Waals surface area (Å²) in [4.78, 5) is 12.7. The molecule has 0 aliphatic heterocycles. The molecule has 0 atom stereocenters. The van der Waals surface area contributed by atoms with Crippen LogP contribution >= 0.6 is 11.6 Å². The normalized spacial score (nSPS) is 32.0. The third kappa shape index (κ3) is 1.50. The summed E-state index contributed by atoms with van der Waals surface area (Å²) in [5.74, 6) is 0.133. The molecule has 1 aliphatic carbocycles. The summed E-state index contributed by atoms with van der Waals surface area (Å²) in [7, 11) is 4.05. The number of carbonyl (C=O) groups excluding carboxylic acids is 1. The number of nitrogens with zero attached hydrogens (tertiary/aromatic N) is 1. The molecule has 0 heterocycles. The van der Waals surface area contributed by atoms with Gasteiger partial charge in [0, 0.05) is 12.0 Å². The molecule has 0 aromatic heterocycles. The zero-order valence-corrected chi connectivity index (χ0v) is 7.06. The zero-order valence-electron chi connectivity index (χ0n) is 6.30. The fourth-order valence-corrected chi connectivity index (χ4v) is 1.37. The van der Waals surface area contributed by atoms with E-state index in [2.05, 4.69) is 4.90 Å². The molecular weight excluding hydrogens is 150 g/mol.